The molecule has 1 aromatic rings. The second-order valence-corrected chi connectivity index (χ2v) is 5.15. The number of carbonyl (C=O) groups excluding carboxylic acids is 1. The topological polar surface area (TPSA) is 52.3 Å². The Labute approximate surface area is 94.2 Å². The summed E-state index contributed by atoms with van der Waals surface area (Å²) in [5.74, 6) is -0.197. The normalized spacial score (nSPS) is 13.6. The standard InChI is InChI=1S/C11H17NO2S/c1-11(2,12)8(7-10(13)14-3)9-5-4-6-15-9/h4-6,8H,7,12H2,1-3H3. The summed E-state index contributed by atoms with van der Waals surface area (Å²) < 4.78 is 4.68. The molecule has 15 heavy (non-hydrogen) atoms. The van der Waals surface area contributed by atoms with Crippen molar-refractivity contribution in [1.29, 1.82) is 0 Å². The molecule has 0 radical (unpaired) electrons. The lowest BCUT2D eigenvalue weighted by molar-refractivity contribution is -0.141. The summed E-state index contributed by atoms with van der Waals surface area (Å²) in [4.78, 5) is 12.4. The van der Waals surface area contributed by atoms with Crippen LogP contribution in [0.15, 0.2) is 17.5 Å². The third-order valence-electron chi connectivity index (χ3n) is 2.38. The molecule has 1 unspecified atom stereocenters. The highest BCUT2D eigenvalue weighted by molar-refractivity contribution is 7.10. The van der Waals surface area contributed by atoms with Crippen LogP contribution in [-0.2, 0) is 9.53 Å². The molecule has 0 aliphatic rings. The summed E-state index contributed by atoms with van der Waals surface area (Å²) in [5.41, 5.74) is 5.66. The number of methoxy groups -OCH3 is 1. The average molecular weight is 227 g/mol. The second-order valence-electron chi connectivity index (χ2n) is 4.17. The van der Waals surface area contributed by atoms with Gasteiger partial charge in [0, 0.05) is 16.3 Å². The summed E-state index contributed by atoms with van der Waals surface area (Å²) in [6, 6.07) is 3.98. The van der Waals surface area contributed by atoms with Crippen LogP contribution in [0.1, 0.15) is 31.1 Å². The molecule has 0 saturated carbocycles. The van der Waals surface area contributed by atoms with Gasteiger partial charge in [-0.05, 0) is 25.3 Å². The van der Waals surface area contributed by atoms with Gasteiger partial charge in [-0.25, -0.2) is 0 Å². The third-order valence-corrected chi connectivity index (χ3v) is 3.37. The Hall–Kier alpha value is -0.870. The van der Waals surface area contributed by atoms with Gasteiger partial charge in [-0.2, -0.15) is 0 Å². The van der Waals surface area contributed by atoms with Crippen LogP contribution in [0.2, 0.25) is 0 Å². The first-order valence-electron chi connectivity index (χ1n) is 4.84. The lowest BCUT2D eigenvalue weighted by Gasteiger charge is -2.28. The minimum atomic E-state index is -0.418. The van der Waals surface area contributed by atoms with E-state index in [2.05, 4.69) is 4.74 Å². The molecule has 1 heterocycles. The Morgan fingerprint density at radius 2 is 2.33 bits per heavy atom. The van der Waals surface area contributed by atoms with E-state index >= 15 is 0 Å². The van der Waals surface area contributed by atoms with Gasteiger partial charge >= 0.3 is 5.97 Å². The predicted octanol–water partition coefficient (Wildman–Crippen LogP) is 2.13. The Bertz CT molecular complexity index is 314. The largest absolute Gasteiger partial charge is 0.469 e. The maximum absolute atomic E-state index is 11.3. The summed E-state index contributed by atoms with van der Waals surface area (Å²) in [6.45, 7) is 3.86. The maximum atomic E-state index is 11.3. The van der Waals surface area contributed by atoms with Crippen molar-refractivity contribution in [2.45, 2.75) is 31.7 Å². The molecule has 3 nitrogen and oxygen atoms in total. The van der Waals surface area contributed by atoms with Gasteiger partial charge in [0.25, 0.3) is 0 Å². The van der Waals surface area contributed by atoms with E-state index < -0.39 is 5.54 Å². The van der Waals surface area contributed by atoms with Crippen LogP contribution in [0.25, 0.3) is 0 Å². The van der Waals surface area contributed by atoms with Gasteiger partial charge in [0.05, 0.1) is 13.5 Å². The van der Waals surface area contributed by atoms with Crippen LogP contribution in [-0.4, -0.2) is 18.6 Å². The molecule has 0 fully saturated rings. The highest BCUT2D eigenvalue weighted by Gasteiger charge is 2.30. The van der Waals surface area contributed by atoms with Crippen LogP contribution in [0.3, 0.4) is 0 Å². The minimum Gasteiger partial charge on any atom is -0.469 e. The summed E-state index contributed by atoms with van der Waals surface area (Å²) >= 11 is 1.62. The van der Waals surface area contributed by atoms with Crippen LogP contribution < -0.4 is 5.73 Å². The highest BCUT2D eigenvalue weighted by atomic mass is 32.1. The minimum absolute atomic E-state index is 0.0185. The molecular formula is C11H17NO2S. The van der Waals surface area contributed by atoms with Gasteiger partial charge in [0.15, 0.2) is 0 Å². The van der Waals surface area contributed by atoms with Crippen molar-refractivity contribution >= 4 is 17.3 Å². The Morgan fingerprint density at radius 1 is 1.67 bits per heavy atom. The predicted molar refractivity (Wildman–Crippen MR) is 62.0 cm³/mol. The first-order valence-corrected chi connectivity index (χ1v) is 5.72. The van der Waals surface area contributed by atoms with Crippen molar-refractivity contribution in [3.8, 4) is 0 Å². The summed E-state index contributed by atoms with van der Waals surface area (Å²) in [6.07, 6.45) is 0.334. The second kappa shape index (κ2) is 4.77. The van der Waals surface area contributed by atoms with Crippen LogP contribution >= 0.6 is 11.3 Å². The number of nitrogens with two attached hydrogens (primary N) is 1. The smallest absolute Gasteiger partial charge is 0.306 e. The van der Waals surface area contributed by atoms with Crippen molar-refractivity contribution in [3.05, 3.63) is 22.4 Å². The monoisotopic (exact) mass is 227 g/mol. The van der Waals surface area contributed by atoms with E-state index in [1.807, 2.05) is 31.4 Å². The highest BCUT2D eigenvalue weighted by Crippen LogP contribution is 2.32. The molecule has 0 bridgehead atoms. The van der Waals surface area contributed by atoms with E-state index in [9.17, 15) is 4.79 Å². The van der Waals surface area contributed by atoms with Crippen LogP contribution in [0.4, 0.5) is 0 Å². The molecule has 0 saturated heterocycles. The van der Waals surface area contributed by atoms with E-state index in [0.29, 0.717) is 6.42 Å². The van der Waals surface area contributed by atoms with Gasteiger partial charge in [-0.3, -0.25) is 4.79 Å². The molecule has 0 spiro atoms. The lowest BCUT2D eigenvalue weighted by atomic mass is 9.84. The molecule has 1 aromatic heterocycles. The molecule has 1 rings (SSSR count). The van der Waals surface area contributed by atoms with Crippen LogP contribution in [0.5, 0.6) is 0 Å². The quantitative estimate of drug-likeness (QED) is 0.802. The first kappa shape index (κ1) is 12.2. The number of ether oxygens (including phenoxy) is 1. The molecular weight excluding hydrogens is 210 g/mol. The molecule has 1 atom stereocenters. The zero-order valence-corrected chi connectivity index (χ0v) is 10.1. The zero-order valence-electron chi connectivity index (χ0n) is 9.32. The average Bonchev–Trinajstić information content (AvgIpc) is 2.64. The number of rotatable bonds is 4. The number of hydrogen-bond donors (Lipinski definition) is 1. The fraction of sp³-hybridized carbons (Fsp3) is 0.545. The Balaban J connectivity index is 2.85. The van der Waals surface area contributed by atoms with Crippen LogP contribution in [0, 0.1) is 0 Å². The van der Waals surface area contributed by atoms with E-state index in [0.717, 1.165) is 4.88 Å². The fourth-order valence-corrected chi connectivity index (χ4v) is 2.49. The van der Waals surface area contributed by atoms with Gasteiger partial charge in [0.1, 0.15) is 0 Å². The Morgan fingerprint density at radius 3 is 2.73 bits per heavy atom. The third kappa shape index (κ3) is 3.32. The van der Waals surface area contributed by atoms with E-state index in [1.54, 1.807) is 11.3 Å². The van der Waals surface area contributed by atoms with Gasteiger partial charge in [0.2, 0.25) is 0 Å². The molecule has 0 aromatic carbocycles. The fourth-order valence-electron chi connectivity index (χ4n) is 1.47. The van der Waals surface area contributed by atoms with Crippen molar-refractivity contribution in [3.63, 3.8) is 0 Å². The lowest BCUT2D eigenvalue weighted by Crippen LogP contribution is -2.40. The van der Waals surface area contributed by atoms with E-state index in [1.165, 1.54) is 7.11 Å². The molecule has 4 heteroatoms. The maximum Gasteiger partial charge on any atom is 0.306 e. The molecule has 0 amide bonds. The first-order chi connectivity index (χ1) is 6.95. The molecule has 2 N–H and O–H groups in total. The summed E-state index contributed by atoms with van der Waals surface area (Å²) in [5, 5.41) is 1.99. The Kier molecular flexibility index (Phi) is 3.88. The molecule has 0 aliphatic heterocycles. The summed E-state index contributed by atoms with van der Waals surface area (Å²) in [7, 11) is 1.40. The molecule has 84 valence electrons. The number of carbonyl (C=O) groups is 1. The van der Waals surface area contributed by atoms with E-state index in [-0.39, 0.29) is 11.9 Å². The van der Waals surface area contributed by atoms with Crippen molar-refractivity contribution in [2.75, 3.05) is 7.11 Å². The number of hydrogen-bond acceptors (Lipinski definition) is 4. The van der Waals surface area contributed by atoms with Gasteiger partial charge in [-0.1, -0.05) is 6.07 Å². The van der Waals surface area contributed by atoms with Crippen molar-refractivity contribution in [1.82, 2.24) is 0 Å². The number of esters is 1. The van der Waals surface area contributed by atoms with E-state index in [4.69, 9.17) is 5.73 Å². The SMILES string of the molecule is COC(=O)CC(c1cccs1)C(C)(C)N. The molecule has 0 aliphatic carbocycles. The van der Waals surface area contributed by atoms with Gasteiger partial charge < -0.3 is 10.5 Å². The number of thiophene rings is 1. The van der Waals surface area contributed by atoms with Gasteiger partial charge in [-0.15, -0.1) is 11.3 Å². The zero-order chi connectivity index (χ0) is 11.5. The van der Waals surface area contributed by atoms with Crippen molar-refractivity contribution < 1.29 is 9.53 Å². The van der Waals surface area contributed by atoms with Crippen molar-refractivity contribution in [2.24, 2.45) is 5.73 Å².